The van der Waals surface area contributed by atoms with Gasteiger partial charge in [-0.25, -0.2) is 8.78 Å². The van der Waals surface area contributed by atoms with Crippen LogP contribution in [0.25, 0.3) is 0 Å². The molecule has 2 aromatic rings. The summed E-state index contributed by atoms with van der Waals surface area (Å²) in [5.74, 6) is -5.18. The van der Waals surface area contributed by atoms with Gasteiger partial charge in [0.15, 0.2) is 0 Å². The molecular weight excluding hydrogens is 463 g/mol. The lowest BCUT2D eigenvalue weighted by Gasteiger charge is -2.41. The first-order chi connectivity index (χ1) is 16.1. The van der Waals surface area contributed by atoms with Crippen molar-refractivity contribution in [1.29, 1.82) is 0 Å². The molecule has 1 aromatic heterocycles. The minimum atomic E-state index is -4.82. The van der Waals surface area contributed by atoms with Crippen LogP contribution in [0.2, 0.25) is 0 Å². The lowest BCUT2D eigenvalue weighted by molar-refractivity contribution is -0.139. The van der Waals surface area contributed by atoms with Crippen LogP contribution in [-0.2, 0) is 21.3 Å². The summed E-state index contributed by atoms with van der Waals surface area (Å²) in [7, 11) is 0. The molecule has 182 valence electrons. The molecule has 1 aliphatic carbocycles. The first-order valence-corrected chi connectivity index (χ1v) is 10.8. The third-order valence-electron chi connectivity index (χ3n) is 6.56. The number of aromatic nitrogens is 1. The van der Waals surface area contributed by atoms with E-state index in [2.05, 4.69) is 4.98 Å². The molecule has 0 N–H and O–H groups in total. The summed E-state index contributed by atoms with van der Waals surface area (Å²) in [5, 5.41) is 0. The Labute approximate surface area is 191 Å². The van der Waals surface area contributed by atoms with Crippen molar-refractivity contribution in [3.63, 3.8) is 0 Å². The minimum absolute atomic E-state index is 0.0214. The molecule has 1 aromatic carbocycles. The SMILES string of the molecule is O=C(c1ccc(OCC2CC2(F)F)c(C(F)(F)F)c1)N1CC[C@]2(c3ccccn3)OCO[C@@H]2C1. The van der Waals surface area contributed by atoms with E-state index in [-0.39, 0.29) is 25.4 Å². The Bertz CT molecular complexity index is 1080. The maximum Gasteiger partial charge on any atom is 0.419 e. The van der Waals surface area contributed by atoms with Gasteiger partial charge in [-0.15, -0.1) is 0 Å². The van der Waals surface area contributed by atoms with E-state index >= 15 is 0 Å². The number of pyridine rings is 1. The second-order valence-electron chi connectivity index (χ2n) is 8.70. The molecule has 3 fully saturated rings. The Hall–Kier alpha value is -2.79. The van der Waals surface area contributed by atoms with E-state index in [0.29, 0.717) is 18.2 Å². The largest absolute Gasteiger partial charge is 0.492 e. The van der Waals surface area contributed by atoms with E-state index < -0.39 is 60.0 Å². The second kappa shape index (κ2) is 8.16. The normalized spacial score (nSPS) is 27.9. The first kappa shape index (κ1) is 23.0. The lowest BCUT2D eigenvalue weighted by Crippen LogP contribution is -2.53. The highest BCUT2D eigenvalue weighted by atomic mass is 19.4. The number of benzene rings is 1. The number of carbonyl (C=O) groups is 1. The Balaban J connectivity index is 1.34. The Morgan fingerprint density at radius 3 is 2.71 bits per heavy atom. The number of piperidine rings is 1. The smallest absolute Gasteiger partial charge is 0.419 e. The molecule has 1 unspecified atom stereocenters. The average Bonchev–Trinajstić information content (AvgIpc) is 3.22. The molecule has 0 bridgehead atoms. The van der Waals surface area contributed by atoms with Gasteiger partial charge in [-0.05, 0) is 30.3 Å². The molecule has 2 aliphatic heterocycles. The molecular formula is C23H21F5N2O4. The van der Waals surface area contributed by atoms with Gasteiger partial charge >= 0.3 is 6.18 Å². The second-order valence-corrected chi connectivity index (χ2v) is 8.70. The van der Waals surface area contributed by atoms with E-state index in [4.69, 9.17) is 14.2 Å². The number of nitrogens with zero attached hydrogens (tertiary/aromatic N) is 2. The van der Waals surface area contributed by atoms with Crippen LogP contribution in [0, 0.1) is 5.92 Å². The first-order valence-electron chi connectivity index (χ1n) is 10.8. The third-order valence-corrected chi connectivity index (χ3v) is 6.56. The molecule has 0 spiro atoms. The van der Waals surface area contributed by atoms with Crippen LogP contribution >= 0.6 is 0 Å². The van der Waals surface area contributed by atoms with E-state index in [1.807, 2.05) is 12.1 Å². The molecule has 1 amide bonds. The van der Waals surface area contributed by atoms with Gasteiger partial charge in [0, 0.05) is 31.1 Å². The van der Waals surface area contributed by atoms with Gasteiger partial charge in [0.2, 0.25) is 0 Å². The van der Waals surface area contributed by atoms with Crippen molar-refractivity contribution in [2.45, 2.75) is 36.6 Å². The molecule has 2 saturated heterocycles. The number of carbonyl (C=O) groups excluding carboxylic acids is 1. The number of fused-ring (bicyclic) bond motifs is 1. The van der Waals surface area contributed by atoms with E-state index in [9.17, 15) is 26.7 Å². The van der Waals surface area contributed by atoms with Gasteiger partial charge in [-0.1, -0.05) is 6.07 Å². The van der Waals surface area contributed by atoms with Crippen LogP contribution in [0.4, 0.5) is 22.0 Å². The number of likely N-dealkylation sites (tertiary alicyclic amines) is 1. The van der Waals surface area contributed by atoms with Crippen molar-refractivity contribution in [2.24, 2.45) is 5.92 Å². The van der Waals surface area contributed by atoms with Crippen molar-refractivity contribution in [3.8, 4) is 5.75 Å². The van der Waals surface area contributed by atoms with Crippen molar-refractivity contribution < 1.29 is 41.0 Å². The van der Waals surface area contributed by atoms with Crippen LogP contribution in [-0.4, -0.2) is 54.3 Å². The predicted octanol–water partition coefficient (Wildman–Crippen LogP) is 4.25. The third kappa shape index (κ3) is 4.11. The van der Waals surface area contributed by atoms with Crippen LogP contribution < -0.4 is 4.74 Å². The summed E-state index contributed by atoms with van der Waals surface area (Å²) >= 11 is 0. The predicted molar refractivity (Wildman–Crippen MR) is 107 cm³/mol. The number of rotatable bonds is 5. The summed E-state index contributed by atoms with van der Waals surface area (Å²) in [6.45, 7) is -0.158. The number of hydrogen-bond acceptors (Lipinski definition) is 5. The highest BCUT2D eigenvalue weighted by Crippen LogP contribution is 2.49. The van der Waals surface area contributed by atoms with Crippen molar-refractivity contribution in [3.05, 3.63) is 59.4 Å². The van der Waals surface area contributed by atoms with Crippen molar-refractivity contribution in [1.82, 2.24) is 9.88 Å². The highest BCUT2D eigenvalue weighted by Gasteiger charge is 2.57. The van der Waals surface area contributed by atoms with Crippen molar-refractivity contribution in [2.75, 3.05) is 26.5 Å². The Morgan fingerprint density at radius 1 is 1.24 bits per heavy atom. The lowest BCUT2D eigenvalue weighted by atomic mass is 9.85. The molecule has 1 saturated carbocycles. The monoisotopic (exact) mass is 484 g/mol. The summed E-state index contributed by atoms with van der Waals surface area (Å²) < 4.78 is 83.7. The van der Waals surface area contributed by atoms with E-state index in [1.54, 1.807) is 12.3 Å². The minimum Gasteiger partial charge on any atom is -0.492 e. The average molecular weight is 484 g/mol. The molecule has 3 atom stereocenters. The fourth-order valence-corrected chi connectivity index (χ4v) is 4.47. The highest BCUT2D eigenvalue weighted by molar-refractivity contribution is 5.94. The summed E-state index contributed by atoms with van der Waals surface area (Å²) in [6, 6.07) is 8.32. The summed E-state index contributed by atoms with van der Waals surface area (Å²) in [4.78, 5) is 18.9. The number of halogens is 5. The maximum absolute atomic E-state index is 13.6. The van der Waals surface area contributed by atoms with Gasteiger partial charge in [-0.2, -0.15) is 13.2 Å². The number of alkyl halides is 5. The van der Waals surface area contributed by atoms with E-state index in [1.165, 1.54) is 11.0 Å². The molecule has 6 nitrogen and oxygen atoms in total. The van der Waals surface area contributed by atoms with Gasteiger partial charge in [0.25, 0.3) is 11.8 Å². The molecule has 5 rings (SSSR count). The van der Waals surface area contributed by atoms with Gasteiger partial charge in [-0.3, -0.25) is 9.78 Å². The van der Waals surface area contributed by atoms with E-state index in [0.717, 1.165) is 6.07 Å². The zero-order valence-corrected chi connectivity index (χ0v) is 17.9. The summed E-state index contributed by atoms with van der Waals surface area (Å²) in [5.41, 5.74) is -1.51. The van der Waals surface area contributed by atoms with Gasteiger partial charge in [0.05, 0.1) is 30.3 Å². The molecule has 11 heteroatoms. The zero-order valence-electron chi connectivity index (χ0n) is 17.9. The Morgan fingerprint density at radius 2 is 2.03 bits per heavy atom. The fourth-order valence-electron chi connectivity index (χ4n) is 4.47. The van der Waals surface area contributed by atoms with Crippen LogP contribution in [0.1, 0.15) is 34.5 Å². The standard InChI is InChI=1S/C23H21F5N2O4/c24-22(25)10-15(22)12-32-17-5-4-14(9-16(17)23(26,27)28)20(31)30-8-6-21(18-3-1-2-7-29-18)19(11-30)33-13-34-21/h1-5,7,9,15,19H,6,8,10-13H2/t15?,19-,21-/m1/s1. The van der Waals surface area contributed by atoms with Crippen LogP contribution in [0.3, 0.4) is 0 Å². The van der Waals surface area contributed by atoms with Crippen LogP contribution in [0.5, 0.6) is 5.75 Å². The summed E-state index contributed by atoms with van der Waals surface area (Å²) in [6.07, 6.45) is -3.76. The molecule has 34 heavy (non-hydrogen) atoms. The number of hydrogen-bond donors (Lipinski definition) is 0. The maximum atomic E-state index is 13.6. The quantitative estimate of drug-likeness (QED) is 0.594. The zero-order chi connectivity index (χ0) is 24.1. The molecule has 3 aliphatic rings. The Kier molecular flexibility index (Phi) is 5.51. The topological polar surface area (TPSA) is 60.9 Å². The number of amides is 1. The van der Waals surface area contributed by atoms with Gasteiger partial charge < -0.3 is 19.1 Å². The van der Waals surface area contributed by atoms with Crippen LogP contribution in [0.15, 0.2) is 42.6 Å². The molecule has 3 heterocycles. The molecule has 0 radical (unpaired) electrons. The van der Waals surface area contributed by atoms with Gasteiger partial charge in [0.1, 0.15) is 24.2 Å². The fraction of sp³-hybridized carbons (Fsp3) is 0.478. The van der Waals surface area contributed by atoms with Crippen molar-refractivity contribution >= 4 is 5.91 Å². The number of ether oxygens (including phenoxy) is 3.